The minimum Gasteiger partial charge on any atom is -0.450 e. The Morgan fingerprint density at radius 1 is 1.03 bits per heavy atom. The molecule has 0 spiro atoms. The van der Waals surface area contributed by atoms with Crippen LogP contribution in [0.1, 0.15) is 23.9 Å². The first-order chi connectivity index (χ1) is 15.6. The van der Waals surface area contributed by atoms with Gasteiger partial charge in [-0.1, -0.05) is 60.7 Å². The quantitative estimate of drug-likeness (QED) is 0.375. The van der Waals surface area contributed by atoms with Gasteiger partial charge in [-0.3, -0.25) is 5.32 Å². The number of anilines is 2. The van der Waals surface area contributed by atoms with Gasteiger partial charge in [0.05, 0.1) is 12.3 Å². The van der Waals surface area contributed by atoms with Crippen LogP contribution in [0.2, 0.25) is 0 Å². The fourth-order valence-corrected chi connectivity index (χ4v) is 3.72. The van der Waals surface area contributed by atoms with E-state index in [9.17, 15) is 4.79 Å². The minimum atomic E-state index is -0.493. The summed E-state index contributed by atoms with van der Waals surface area (Å²) in [7, 11) is 0. The van der Waals surface area contributed by atoms with Gasteiger partial charge >= 0.3 is 6.09 Å². The molecule has 4 aromatic rings. The zero-order valence-corrected chi connectivity index (χ0v) is 18.4. The van der Waals surface area contributed by atoms with Crippen molar-refractivity contribution < 1.29 is 13.9 Å². The van der Waals surface area contributed by atoms with Crippen LogP contribution in [-0.4, -0.2) is 24.2 Å². The molecule has 0 saturated heterocycles. The van der Waals surface area contributed by atoms with Gasteiger partial charge in [-0.15, -0.1) is 0 Å². The number of hydrogen-bond acceptors (Lipinski definition) is 5. The first kappa shape index (κ1) is 21.4. The van der Waals surface area contributed by atoms with Gasteiger partial charge in [-0.25, -0.2) is 9.78 Å². The van der Waals surface area contributed by atoms with Gasteiger partial charge in [-0.2, -0.15) is 0 Å². The first-order valence-corrected chi connectivity index (χ1v) is 10.8. The van der Waals surface area contributed by atoms with Crippen LogP contribution in [0, 0.1) is 6.92 Å². The van der Waals surface area contributed by atoms with Crippen molar-refractivity contribution in [2.75, 3.05) is 23.4 Å². The van der Waals surface area contributed by atoms with Crippen LogP contribution in [0.4, 0.5) is 16.2 Å². The summed E-state index contributed by atoms with van der Waals surface area (Å²) >= 11 is 0. The number of nitrogens with zero attached hydrogens (tertiary/aromatic N) is 2. The maximum Gasteiger partial charge on any atom is 0.411 e. The number of nitrogens with one attached hydrogen (secondary N) is 1. The molecule has 0 bridgehead atoms. The second-order valence-electron chi connectivity index (χ2n) is 7.56. The van der Waals surface area contributed by atoms with Gasteiger partial charge in [0.2, 0.25) is 0 Å². The van der Waals surface area contributed by atoms with Crippen molar-refractivity contribution in [1.82, 2.24) is 4.98 Å². The average Bonchev–Trinajstić information content (AvgIpc) is 3.17. The summed E-state index contributed by atoms with van der Waals surface area (Å²) in [6, 6.07) is 24.5. The summed E-state index contributed by atoms with van der Waals surface area (Å²) < 4.78 is 10.9. The van der Waals surface area contributed by atoms with Gasteiger partial charge in [0.25, 0.3) is 0 Å². The van der Waals surface area contributed by atoms with E-state index in [1.165, 1.54) is 11.1 Å². The Hall–Kier alpha value is -3.80. The molecule has 3 aromatic carbocycles. The summed E-state index contributed by atoms with van der Waals surface area (Å²) in [6.07, 6.45) is 0.384. The molecule has 0 unspecified atom stereocenters. The largest absolute Gasteiger partial charge is 0.450 e. The van der Waals surface area contributed by atoms with Crippen molar-refractivity contribution in [3.63, 3.8) is 0 Å². The second kappa shape index (κ2) is 10.0. The molecule has 0 radical (unpaired) electrons. The highest BCUT2D eigenvalue weighted by Gasteiger charge is 2.18. The Bertz CT molecular complexity index is 1170. The monoisotopic (exact) mass is 429 g/mol. The van der Waals surface area contributed by atoms with E-state index in [4.69, 9.17) is 9.15 Å². The van der Waals surface area contributed by atoms with E-state index in [0.29, 0.717) is 30.3 Å². The molecule has 0 fully saturated rings. The Morgan fingerprint density at radius 3 is 2.41 bits per heavy atom. The summed E-state index contributed by atoms with van der Waals surface area (Å²) in [5, 5.41) is 2.80. The lowest BCUT2D eigenvalue weighted by molar-refractivity contribution is 0.168. The van der Waals surface area contributed by atoms with Gasteiger partial charge in [0, 0.05) is 31.8 Å². The van der Waals surface area contributed by atoms with Crippen LogP contribution in [0.15, 0.2) is 77.2 Å². The maximum atomic E-state index is 12.0. The Balaban J connectivity index is 1.71. The zero-order chi connectivity index (χ0) is 22.3. The molecule has 6 nitrogen and oxygen atoms in total. The molecule has 0 aliphatic rings. The number of oxazole rings is 1. The maximum absolute atomic E-state index is 12.0. The van der Waals surface area contributed by atoms with E-state index in [0.717, 1.165) is 24.2 Å². The average molecular weight is 430 g/mol. The van der Waals surface area contributed by atoms with Crippen molar-refractivity contribution in [3.05, 3.63) is 89.8 Å². The topological polar surface area (TPSA) is 67.6 Å². The third-order valence-corrected chi connectivity index (χ3v) is 5.17. The molecule has 0 atom stereocenters. The number of aromatic nitrogens is 1. The lowest BCUT2D eigenvalue weighted by Gasteiger charge is -2.26. The summed E-state index contributed by atoms with van der Waals surface area (Å²) in [4.78, 5) is 19.0. The molecule has 164 valence electrons. The number of carbonyl (C=O) groups excluding carboxylic acids is 1. The van der Waals surface area contributed by atoms with Gasteiger partial charge in [0.15, 0.2) is 11.5 Å². The fourth-order valence-electron chi connectivity index (χ4n) is 3.72. The molecule has 6 heteroatoms. The van der Waals surface area contributed by atoms with Crippen LogP contribution >= 0.6 is 0 Å². The number of benzene rings is 3. The van der Waals surface area contributed by atoms with Crippen LogP contribution in [0.3, 0.4) is 0 Å². The summed E-state index contributed by atoms with van der Waals surface area (Å²) in [5.74, 6) is 0.581. The second-order valence-corrected chi connectivity index (χ2v) is 7.56. The molecule has 1 amide bonds. The zero-order valence-electron chi connectivity index (χ0n) is 18.4. The van der Waals surface area contributed by atoms with Gasteiger partial charge in [-0.05, 0) is 30.5 Å². The number of fused-ring (bicyclic) bond motifs is 1. The molecule has 4 rings (SSSR count). The third kappa shape index (κ3) is 5.27. The number of rotatable bonds is 8. The van der Waals surface area contributed by atoms with Crippen LogP contribution in [0.25, 0.3) is 11.1 Å². The highest BCUT2D eigenvalue weighted by molar-refractivity contribution is 5.95. The standard InChI is InChI=1S/C26H27N3O3/c1-3-31-26(30)28-22-16-23(25-24(17-22)32-19(2)27-25)29(18-21-12-8-5-9-13-21)15-14-20-10-6-4-7-11-20/h4-13,16-17H,3,14-15,18H2,1-2H3,(H,28,30). The Labute approximate surface area is 187 Å². The summed E-state index contributed by atoms with van der Waals surface area (Å²) in [5.41, 5.74) is 5.38. The van der Waals surface area contributed by atoms with E-state index in [1.54, 1.807) is 13.0 Å². The van der Waals surface area contributed by atoms with E-state index in [2.05, 4.69) is 51.6 Å². The number of carbonyl (C=O) groups is 1. The van der Waals surface area contributed by atoms with E-state index < -0.39 is 6.09 Å². The van der Waals surface area contributed by atoms with Crippen molar-refractivity contribution in [2.45, 2.75) is 26.8 Å². The molecule has 0 aliphatic heterocycles. The summed E-state index contributed by atoms with van der Waals surface area (Å²) in [6.45, 7) is 5.40. The third-order valence-electron chi connectivity index (χ3n) is 5.17. The number of aryl methyl sites for hydroxylation is 1. The van der Waals surface area contributed by atoms with E-state index in [1.807, 2.05) is 37.3 Å². The van der Waals surface area contributed by atoms with Crippen LogP contribution < -0.4 is 10.2 Å². The number of hydrogen-bond donors (Lipinski definition) is 1. The molecule has 1 N–H and O–H groups in total. The van der Waals surface area contributed by atoms with Crippen LogP contribution in [-0.2, 0) is 17.7 Å². The molecular weight excluding hydrogens is 402 g/mol. The smallest absolute Gasteiger partial charge is 0.411 e. The Morgan fingerprint density at radius 2 is 1.72 bits per heavy atom. The van der Waals surface area contributed by atoms with E-state index in [-0.39, 0.29) is 0 Å². The molecule has 0 saturated carbocycles. The van der Waals surface area contributed by atoms with Crippen molar-refractivity contribution in [1.29, 1.82) is 0 Å². The molecular formula is C26H27N3O3. The first-order valence-electron chi connectivity index (χ1n) is 10.8. The fraction of sp³-hybridized carbons (Fsp3) is 0.231. The molecule has 0 aliphatic carbocycles. The SMILES string of the molecule is CCOC(=O)Nc1cc(N(CCc2ccccc2)Cc2ccccc2)c2nc(C)oc2c1. The highest BCUT2D eigenvalue weighted by Crippen LogP contribution is 2.32. The lowest BCUT2D eigenvalue weighted by Crippen LogP contribution is -2.26. The normalized spacial score (nSPS) is 10.8. The van der Waals surface area contributed by atoms with E-state index >= 15 is 0 Å². The predicted octanol–water partition coefficient (Wildman–Crippen LogP) is 5.95. The van der Waals surface area contributed by atoms with Gasteiger partial charge < -0.3 is 14.1 Å². The highest BCUT2D eigenvalue weighted by atomic mass is 16.5. The Kier molecular flexibility index (Phi) is 6.70. The van der Waals surface area contributed by atoms with Crippen molar-refractivity contribution >= 4 is 28.6 Å². The van der Waals surface area contributed by atoms with Gasteiger partial charge in [0.1, 0.15) is 5.52 Å². The van der Waals surface area contributed by atoms with Crippen molar-refractivity contribution in [3.8, 4) is 0 Å². The number of amides is 1. The lowest BCUT2D eigenvalue weighted by atomic mass is 10.1. The molecule has 1 aromatic heterocycles. The van der Waals surface area contributed by atoms with Crippen molar-refractivity contribution in [2.24, 2.45) is 0 Å². The molecule has 1 heterocycles. The van der Waals surface area contributed by atoms with Crippen LogP contribution in [0.5, 0.6) is 0 Å². The predicted molar refractivity (Wildman–Crippen MR) is 127 cm³/mol. The molecule has 32 heavy (non-hydrogen) atoms. The minimum absolute atomic E-state index is 0.305. The number of ether oxygens (including phenoxy) is 1.